The molecular weight excluding hydrogens is 190 g/mol. The molecule has 0 aromatic carbocycles. The number of carbonyl (C=O) groups excluding carboxylic acids is 1. The van der Waals surface area contributed by atoms with Crippen molar-refractivity contribution in [3.05, 3.63) is 11.6 Å². The smallest absolute Gasteiger partial charge is 0.330 e. The Morgan fingerprint density at radius 2 is 2.40 bits per heavy atom. The van der Waals surface area contributed by atoms with Gasteiger partial charge in [0.1, 0.15) is 6.10 Å². The molecule has 0 aromatic rings. The largest absolute Gasteiger partial charge is 0.459 e. The van der Waals surface area contributed by atoms with Crippen molar-refractivity contribution >= 4 is 5.97 Å². The molecule has 2 aliphatic heterocycles. The zero-order valence-electron chi connectivity index (χ0n) is 9.29. The first-order valence-corrected chi connectivity index (χ1v) is 5.85. The zero-order chi connectivity index (χ0) is 10.7. The molecule has 15 heavy (non-hydrogen) atoms. The van der Waals surface area contributed by atoms with Gasteiger partial charge in [-0.2, -0.15) is 0 Å². The zero-order valence-corrected chi connectivity index (χ0v) is 9.29. The van der Waals surface area contributed by atoms with Crippen LogP contribution in [0.15, 0.2) is 11.6 Å². The highest BCUT2D eigenvalue weighted by Crippen LogP contribution is 2.21. The number of esters is 1. The summed E-state index contributed by atoms with van der Waals surface area (Å²) in [5.74, 6) is -0.167. The third-order valence-corrected chi connectivity index (χ3v) is 3.16. The Bertz CT molecular complexity index is 267. The molecule has 1 saturated heterocycles. The monoisotopic (exact) mass is 209 g/mol. The van der Waals surface area contributed by atoms with E-state index in [9.17, 15) is 4.79 Å². The number of hydrogen-bond donors (Lipinski definition) is 1. The molecule has 0 spiro atoms. The number of nitrogens with one attached hydrogen (secondary N) is 1. The summed E-state index contributed by atoms with van der Waals surface area (Å²) in [7, 11) is 0. The lowest BCUT2D eigenvalue weighted by molar-refractivity contribution is -0.144. The minimum atomic E-state index is -0.167. The van der Waals surface area contributed by atoms with Gasteiger partial charge in [-0.05, 0) is 26.3 Å². The number of rotatable bonds is 2. The number of carbonyl (C=O) groups is 1. The van der Waals surface area contributed by atoms with E-state index >= 15 is 0 Å². The maximum atomic E-state index is 11.2. The van der Waals surface area contributed by atoms with E-state index in [2.05, 4.69) is 5.32 Å². The first-order chi connectivity index (χ1) is 7.24. The van der Waals surface area contributed by atoms with Crippen molar-refractivity contribution in [1.29, 1.82) is 0 Å². The first-order valence-electron chi connectivity index (χ1n) is 5.85. The van der Waals surface area contributed by atoms with Gasteiger partial charge in [0.05, 0.1) is 0 Å². The predicted octanol–water partition coefficient (Wildman–Crippen LogP) is 1.78. The van der Waals surface area contributed by atoms with Gasteiger partial charge in [-0.3, -0.25) is 0 Å². The molecular formula is C12H19NO2. The van der Waals surface area contributed by atoms with E-state index in [0.29, 0.717) is 6.04 Å². The second-order valence-electron chi connectivity index (χ2n) is 4.64. The maximum Gasteiger partial charge on any atom is 0.330 e. The van der Waals surface area contributed by atoms with Crippen LogP contribution in [0.4, 0.5) is 0 Å². The third kappa shape index (κ3) is 3.06. The minimum Gasteiger partial charge on any atom is -0.459 e. The molecule has 1 N–H and O–H groups in total. The average molecular weight is 209 g/mol. The van der Waals surface area contributed by atoms with Crippen molar-refractivity contribution < 1.29 is 9.53 Å². The van der Waals surface area contributed by atoms with Gasteiger partial charge in [-0.15, -0.1) is 0 Å². The van der Waals surface area contributed by atoms with Crippen molar-refractivity contribution in [1.82, 2.24) is 5.32 Å². The summed E-state index contributed by atoms with van der Waals surface area (Å²) in [4.78, 5) is 11.2. The molecule has 0 bridgehead atoms. The van der Waals surface area contributed by atoms with E-state index in [0.717, 1.165) is 25.0 Å². The maximum absolute atomic E-state index is 11.2. The topological polar surface area (TPSA) is 38.3 Å². The van der Waals surface area contributed by atoms with E-state index in [-0.39, 0.29) is 12.1 Å². The van der Waals surface area contributed by atoms with Crippen LogP contribution in [0.3, 0.4) is 0 Å². The third-order valence-electron chi connectivity index (χ3n) is 3.16. The SMILES string of the molecule is CC1=CC(=O)O[C@@H](C[C@@H]2CCCCN2)C1. The lowest BCUT2D eigenvalue weighted by Crippen LogP contribution is -2.38. The summed E-state index contributed by atoms with van der Waals surface area (Å²) < 4.78 is 5.30. The Morgan fingerprint density at radius 3 is 3.07 bits per heavy atom. The average Bonchev–Trinajstić information content (AvgIpc) is 2.17. The van der Waals surface area contributed by atoms with Gasteiger partial charge in [0.25, 0.3) is 0 Å². The number of piperidine rings is 1. The molecule has 2 heterocycles. The Hall–Kier alpha value is -0.830. The van der Waals surface area contributed by atoms with Crippen LogP contribution in [-0.2, 0) is 9.53 Å². The van der Waals surface area contributed by atoms with Crippen LogP contribution in [0.5, 0.6) is 0 Å². The van der Waals surface area contributed by atoms with Crippen LogP contribution >= 0.6 is 0 Å². The molecule has 3 heteroatoms. The lowest BCUT2D eigenvalue weighted by atomic mass is 9.95. The highest BCUT2D eigenvalue weighted by atomic mass is 16.5. The molecule has 0 aromatic heterocycles. The summed E-state index contributed by atoms with van der Waals surface area (Å²) in [6.07, 6.45) is 7.37. The van der Waals surface area contributed by atoms with Crippen LogP contribution in [0.2, 0.25) is 0 Å². The number of hydrogen-bond acceptors (Lipinski definition) is 3. The van der Waals surface area contributed by atoms with Gasteiger partial charge in [0.15, 0.2) is 0 Å². The van der Waals surface area contributed by atoms with Gasteiger partial charge >= 0.3 is 5.97 Å². The number of cyclic esters (lactones) is 1. The van der Waals surface area contributed by atoms with Gasteiger partial charge in [-0.25, -0.2) is 4.79 Å². The minimum absolute atomic E-state index is 0.0955. The highest BCUT2D eigenvalue weighted by molar-refractivity contribution is 5.83. The Balaban J connectivity index is 1.84. The Morgan fingerprint density at radius 1 is 1.53 bits per heavy atom. The molecule has 84 valence electrons. The molecule has 3 nitrogen and oxygen atoms in total. The molecule has 0 unspecified atom stereocenters. The van der Waals surface area contributed by atoms with Crippen LogP contribution in [0.25, 0.3) is 0 Å². The molecule has 2 aliphatic rings. The molecule has 0 radical (unpaired) electrons. The van der Waals surface area contributed by atoms with Crippen LogP contribution in [0, 0.1) is 0 Å². The summed E-state index contributed by atoms with van der Waals surface area (Å²) in [5, 5.41) is 3.49. The van der Waals surface area contributed by atoms with Gasteiger partial charge < -0.3 is 10.1 Å². The lowest BCUT2D eigenvalue weighted by Gasteiger charge is -2.29. The van der Waals surface area contributed by atoms with Gasteiger partial charge in [-0.1, -0.05) is 12.0 Å². The predicted molar refractivity (Wildman–Crippen MR) is 58.5 cm³/mol. The van der Waals surface area contributed by atoms with Crippen molar-refractivity contribution in [3.63, 3.8) is 0 Å². The fourth-order valence-corrected chi connectivity index (χ4v) is 2.43. The van der Waals surface area contributed by atoms with Crippen molar-refractivity contribution in [2.45, 2.75) is 51.2 Å². The summed E-state index contributed by atoms with van der Waals surface area (Å²) >= 11 is 0. The van der Waals surface area contributed by atoms with Gasteiger partial charge in [0.2, 0.25) is 0 Å². The first kappa shape index (κ1) is 10.7. The fraction of sp³-hybridized carbons (Fsp3) is 0.750. The second-order valence-corrected chi connectivity index (χ2v) is 4.64. The molecule has 2 atom stereocenters. The van der Waals surface area contributed by atoms with Crippen molar-refractivity contribution in [2.24, 2.45) is 0 Å². The van der Waals surface area contributed by atoms with Crippen molar-refractivity contribution in [2.75, 3.05) is 6.54 Å². The summed E-state index contributed by atoms with van der Waals surface area (Å²) in [5.41, 5.74) is 1.15. The van der Waals surface area contributed by atoms with Crippen LogP contribution in [-0.4, -0.2) is 24.7 Å². The normalized spacial score (nSPS) is 32.1. The molecule has 0 amide bonds. The fourth-order valence-electron chi connectivity index (χ4n) is 2.43. The summed E-state index contributed by atoms with van der Waals surface area (Å²) in [6.45, 7) is 3.11. The Kier molecular flexibility index (Phi) is 3.41. The van der Waals surface area contributed by atoms with E-state index in [1.165, 1.54) is 19.3 Å². The van der Waals surface area contributed by atoms with Crippen LogP contribution in [0.1, 0.15) is 39.0 Å². The van der Waals surface area contributed by atoms with Gasteiger partial charge in [0, 0.05) is 25.0 Å². The standard InChI is InChI=1S/C12H19NO2/c1-9-6-11(15-12(14)7-9)8-10-4-2-3-5-13-10/h7,10-11,13H,2-6,8H2,1H3/t10-,11+/m0/s1. The molecule has 1 fully saturated rings. The summed E-state index contributed by atoms with van der Waals surface area (Å²) in [6, 6.07) is 0.544. The van der Waals surface area contributed by atoms with E-state index in [1.54, 1.807) is 6.08 Å². The highest BCUT2D eigenvalue weighted by Gasteiger charge is 2.24. The molecule has 0 saturated carbocycles. The van der Waals surface area contributed by atoms with Crippen molar-refractivity contribution in [3.8, 4) is 0 Å². The van der Waals surface area contributed by atoms with E-state index in [4.69, 9.17) is 4.74 Å². The quantitative estimate of drug-likeness (QED) is 0.704. The molecule has 0 aliphatic carbocycles. The van der Waals surface area contributed by atoms with E-state index < -0.39 is 0 Å². The second kappa shape index (κ2) is 4.79. The molecule has 2 rings (SSSR count). The number of ether oxygens (including phenoxy) is 1. The Labute approximate surface area is 90.9 Å². The van der Waals surface area contributed by atoms with E-state index in [1.807, 2.05) is 6.92 Å². The van der Waals surface area contributed by atoms with Crippen LogP contribution < -0.4 is 5.32 Å².